The van der Waals surface area contributed by atoms with E-state index in [1.54, 1.807) is 30.3 Å². The summed E-state index contributed by atoms with van der Waals surface area (Å²) in [4.78, 5) is 12.5. The molecule has 0 bridgehead atoms. The molecule has 5 heteroatoms. The van der Waals surface area contributed by atoms with Crippen molar-refractivity contribution in [3.05, 3.63) is 88.9 Å². The molecule has 27 heavy (non-hydrogen) atoms. The number of carbonyl (C=O) groups is 1. The van der Waals surface area contributed by atoms with Gasteiger partial charge in [-0.25, -0.2) is 0 Å². The summed E-state index contributed by atoms with van der Waals surface area (Å²) in [5.41, 5.74) is 2.04. The number of hydrogen-bond acceptors (Lipinski definition) is 3. The third kappa shape index (κ3) is 5.02. The summed E-state index contributed by atoms with van der Waals surface area (Å²) < 4.78 is 11.5. The van der Waals surface area contributed by atoms with Crippen molar-refractivity contribution in [2.75, 3.05) is 11.9 Å². The van der Waals surface area contributed by atoms with Crippen molar-refractivity contribution in [1.82, 2.24) is 0 Å². The Hall–Kier alpha value is -2.98. The first-order chi connectivity index (χ1) is 13.2. The first-order valence-corrected chi connectivity index (χ1v) is 9.04. The molecule has 0 aliphatic carbocycles. The normalized spacial score (nSPS) is 10.3. The minimum Gasteiger partial charge on any atom is -0.493 e. The van der Waals surface area contributed by atoms with Crippen LogP contribution in [0, 0.1) is 0 Å². The number of benzene rings is 3. The van der Waals surface area contributed by atoms with Gasteiger partial charge in [0.25, 0.3) is 5.91 Å². The minimum absolute atomic E-state index is 0.191. The number of nitrogens with one attached hydrogen (secondary N) is 1. The topological polar surface area (TPSA) is 47.6 Å². The van der Waals surface area contributed by atoms with E-state index in [-0.39, 0.29) is 12.5 Å². The maximum Gasteiger partial charge on any atom is 0.255 e. The summed E-state index contributed by atoms with van der Waals surface area (Å²) in [5, 5.41) is 3.41. The molecule has 0 fully saturated rings. The largest absolute Gasteiger partial charge is 0.493 e. The average Bonchev–Trinajstić information content (AvgIpc) is 2.69. The zero-order chi connectivity index (χ0) is 19.1. The van der Waals surface area contributed by atoms with E-state index < -0.39 is 0 Å². The Labute approximate surface area is 163 Å². The number of carbonyl (C=O) groups excluding carboxylic acids is 1. The van der Waals surface area contributed by atoms with Gasteiger partial charge in [0.05, 0.1) is 11.6 Å². The summed E-state index contributed by atoms with van der Waals surface area (Å²) in [6, 6.07) is 21.9. The van der Waals surface area contributed by atoms with Crippen molar-refractivity contribution in [3.8, 4) is 11.5 Å². The van der Waals surface area contributed by atoms with Crippen LogP contribution in [-0.2, 0) is 6.61 Å². The molecular weight excluding hydrogens is 362 g/mol. The number of anilines is 1. The molecular formula is C22H20ClNO3. The number of ether oxygens (including phenoxy) is 2. The summed E-state index contributed by atoms with van der Waals surface area (Å²) in [5.74, 6) is 1.07. The molecule has 138 valence electrons. The van der Waals surface area contributed by atoms with Crippen LogP contribution < -0.4 is 14.8 Å². The van der Waals surface area contributed by atoms with E-state index in [0.717, 1.165) is 11.3 Å². The van der Waals surface area contributed by atoms with Crippen LogP contribution >= 0.6 is 11.6 Å². The highest BCUT2D eigenvalue weighted by molar-refractivity contribution is 6.32. The van der Waals surface area contributed by atoms with Crippen LogP contribution in [0.25, 0.3) is 0 Å². The van der Waals surface area contributed by atoms with E-state index in [1.165, 1.54) is 0 Å². The van der Waals surface area contributed by atoms with Gasteiger partial charge in [-0.3, -0.25) is 4.79 Å². The Kier molecular flexibility index (Phi) is 6.34. The maximum absolute atomic E-state index is 12.5. The second-order valence-corrected chi connectivity index (χ2v) is 6.20. The van der Waals surface area contributed by atoms with Gasteiger partial charge in [-0.15, -0.1) is 0 Å². The molecule has 0 saturated carbocycles. The SMILES string of the molecule is CCOc1ccc(C(=O)Nc2ccccc2)cc1COc1ccccc1Cl. The lowest BCUT2D eigenvalue weighted by Crippen LogP contribution is -2.13. The molecule has 0 heterocycles. The second-order valence-electron chi connectivity index (χ2n) is 5.79. The van der Waals surface area contributed by atoms with Gasteiger partial charge < -0.3 is 14.8 Å². The first kappa shape index (κ1) is 18.8. The van der Waals surface area contributed by atoms with Gasteiger partial charge in [0, 0.05) is 16.8 Å². The molecule has 1 N–H and O–H groups in total. The highest BCUT2D eigenvalue weighted by Crippen LogP contribution is 2.27. The van der Waals surface area contributed by atoms with Gasteiger partial charge in [-0.05, 0) is 49.4 Å². The summed E-state index contributed by atoms with van der Waals surface area (Å²) in [7, 11) is 0. The Morgan fingerprint density at radius 3 is 2.41 bits per heavy atom. The van der Waals surface area contributed by atoms with Crippen LogP contribution in [0.1, 0.15) is 22.8 Å². The Morgan fingerprint density at radius 1 is 0.926 bits per heavy atom. The number of rotatable bonds is 7. The van der Waals surface area contributed by atoms with Crippen molar-refractivity contribution < 1.29 is 14.3 Å². The fourth-order valence-corrected chi connectivity index (χ4v) is 2.76. The molecule has 0 spiro atoms. The third-order valence-corrected chi connectivity index (χ3v) is 4.19. The van der Waals surface area contributed by atoms with Crippen molar-refractivity contribution in [1.29, 1.82) is 0 Å². The monoisotopic (exact) mass is 381 g/mol. The van der Waals surface area contributed by atoms with Crippen LogP contribution in [0.4, 0.5) is 5.69 Å². The van der Waals surface area contributed by atoms with E-state index in [9.17, 15) is 4.79 Å². The van der Waals surface area contributed by atoms with E-state index in [2.05, 4.69) is 5.32 Å². The smallest absolute Gasteiger partial charge is 0.255 e. The van der Waals surface area contributed by atoms with Crippen molar-refractivity contribution in [3.63, 3.8) is 0 Å². The predicted molar refractivity (Wildman–Crippen MR) is 108 cm³/mol. The van der Waals surface area contributed by atoms with Crippen molar-refractivity contribution in [2.45, 2.75) is 13.5 Å². The van der Waals surface area contributed by atoms with Crippen LogP contribution in [0.2, 0.25) is 5.02 Å². The Balaban J connectivity index is 1.79. The average molecular weight is 382 g/mol. The van der Waals surface area contributed by atoms with Crippen molar-refractivity contribution in [2.24, 2.45) is 0 Å². The maximum atomic E-state index is 12.5. The van der Waals surface area contributed by atoms with Crippen LogP contribution in [0.15, 0.2) is 72.8 Å². The number of hydrogen-bond donors (Lipinski definition) is 1. The molecule has 1 amide bonds. The zero-order valence-corrected chi connectivity index (χ0v) is 15.7. The van der Waals surface area contributed by atoms with Crippen LogP contribution in [-0.4, -0.2) is 12.5 Å². The summed E-state index contributed by atoms with van der Waals surface area (Å²) in [6.45, 7) is 2.68. The lowest BCUT2D eigenvalue weighted by Gasteiger charge is -2.14. The Morgan fingerprint density at radius 2 is 1.67 bits per heavy atom. The van der Waals surface area contributed by atoms with E-state index >= 15 is 0 Å². The second kappa shape index (κ2) is 9.10. The minimum atomic E-state index is -0.191. The zero-order valence-electron chi connectivity index (χ0n) is 14.9. The summed E-state index contributed by atoms with van der Waals surface area (Å²) >= 11 is 6.14. The predicted octanol–water partition coefficient (Wildman–Crippen LogP) is 5.57. The molecule has 4 nitrogen and oxygen atoms in total. The van der Waals surface area contributed by atoms with Gasteiger partial charge in [0.15, 0.2) is 0 Å². The van der Waals surface area contributed by atoms with E-state index in [1.807, 2.05) is 49.4 Å². The van der Waals surface area contributed by atoms with Crippen LogP contribution in [0.3, 0.4) is 0 Å². The van der Waals surface area contributed by atoms with Crippen molar-refractivity contribution >= 4 is 23.2 Å². The molecule has 0 unspecified atom stereocenters. The van der Waals surface area contributed by atoms with Gasteiger partial charge in [-0.2, -0.15) is 0 Å². The summed E-state index contributed by atoms with van der Waals surface area (Å²) in [6.07, 6.45) is 0. The lowest BCUT2D eigenvalue weighted by atomic mass is 10.1. The van der Waals surface area contributed by atoms with E-state index in [0.29, 0.717) is 28.7 Å². The highest BCUT2D eigenvalue weighted by Gasteiger charge is 2.12. The first-order valence-electron chi connectivity index (χ1n) is 8.67. The molecule has 0 aliphatic heterocycles. The molecule has 3 aromatic rings. The molecule has 0 radical (unpaired) electrons. The lowest BCUT2D eigenvalue weighted by molar-refractivity contribution is 0.102. The third-order valence-electron chi connectivity index (χ3n) is 3.87. The quantitative estimate of drug-likeness (QED) is 0.582. The molecule has 0 aliphatic rings. The van der Waals surface area contributed by atoms with Gasteiger partial charge in [-0.1, -0.05) is 41.9 Å². The number of halogens is 1. The van der Waals surface area contributed by atoms with Gasteiger partial charge >= 0.3 is 0 Å². The van der Waals surface area contributed by atoms with Crippen LogP contribution in [0.5, 0.6) is 11.5 Å². The van der Waals surface area contributed by atoms with E-state index in [4.69, 9.17) is 21.1 Å². The highest BCUT2D eigenvalue weighted by atomic mass is 35.5. The standard InChI is InChI=1S/C22H20ClNO3/c1-2-26-20-13-12-16(22(25)24-18-8-4-3-5-9-18)14-17(20)15-27-21-11-7-6-10-19(21)23/h3-14H,2,15H2,1H3,(H,24,25). The number of amides is 1. The molecule has 0 aromatic heterocycles. The van der Waals surface area contributed by atoms with Gasteiger partial charge in [0.1, 0.15) is 18.1 Å². The number of para-hydroxylation sites is 2. The molecule has 0 atom stereocenters. The molecule has 0 saturated heterocycles. The molecule has 3 aromatic carbocycles. The van der Waals surface area contributed by atoms with Gasteiger partial charge in [0.2, 0.25) is 0 Å². The molecule has 3 rings (SSSR count). The Bertz CT molecular complexity index is 912. The fraction of sp³-hybridized carbons (Fsp3) is 0.136. The fourth-order valence-electron chi connectivity index (χ4n) is 2.57.